The zero-order valence-electron chi connectivity index (χ0n) is 19.1. The fraction of sp³-hybridized carbons (Fsp3) is 0.417. The predicted molar refractivity (Wildman–Crippen MR) is 125 cm³/mol. The molecule has 168 valence electrons. The molecule has 0 unspecified atom stereocenters. The second-order valence-electron chi connectivity index (χ2n) is 8.52. The van der Waals surface area contributed by atoms with Gasteiger partial charge in [0.2, 0.25) is 5.91 Å². The van der Waals surface area contributed by atoms with Crippen LogP contribution in [0.3, 0.4) is 0 Å². The highest BCUT2D eigenvalue weighted by atomic mass is 16.2. The Labute approximate surface area is 188 Å². The van der Waals surface area contributed by atoms with Crippen molar-refractivity contribution >= 4 is 23.1 Å². The molecule has 3 aromatic rings. The lowest BCUT2D eigenvalue weighted by Crippen LogP contribution is -2.44. The summed E-state index contributed by atoms with van der Waals surface area (Å²) in [6.07, 6.45) is 4.55. The van der Waals surface area contributed by atoms with Gasteiger partial charge in [-0.1, -0.05) is 13.0 Å². The van der Waals surface area contributed by atoms with Gasteiger partial charge >= 0.3 is 0 Å². The zero-order chi connectivity index (χ0) is 22.8. The van der Waals surface area contributed by atoms with Crippen molar-refractivity contribution in [1.29, 1.82) is 0 Å². The van der Waals surface area contributed by atoms with Crippen molar-refractivity contribution < 1.29 is 9.59 Å². The zero-order valence-corrected chi connectivity index (χ0v) is 19.1. The Balaban J connectivity index is 1.65. The number of piperidine rings is 1. The van der Waals surface area contributed by atoms with Crippen LogP contribution in [-0.4, -0.2) is 69.4 Å². The standard InChI is InChI=1S/C24H30N6O2/c1-5-18-15-25-23-9-8-21(27-30(18)23)17-6-7-20(22(14-17)26-16(2)31)24(32)29-12-10-19(11-13-29)28(3)4/h6-9,14-15,19H,5,10-13H2,1-4H3,(H,26,31). The molecule has 1 N–H and O–H groups in total. The number of likely N-dealkylation sites (tertiary alicyclic amines) is 1. The molecule has 0 saturated carbocycles. The Morgan fingerprint density at radius 3 is 2.56 bits per heavy atom. The van der Waals surface area contributed by atoms with E-state index in [2.05, 4.69) is 36.2 Å². The quantitative estimate of drug-likeness (QED) is 0.667. The second-order valence-corrected chi connectivity index (χ2v) is 8.52. The first-order valence-electron chi connectivity index (χ1n) is 11.1. The molecule has 1 aliphatic rings. The minimum atomic E-state index is -0.214. The number of benzene rings is 1. The first-order chi connectivity index (χ1) is 15.4. The normalized spacial score (nSPS) is 14.8. The molecule has 0 aliphatic carbocycles. The van der Waals surface area contributed by atoms with Gasteiger partial charge in [0.05, 0.1) is 28.8 Å². The molecule has 1 aliphatic heterocycles. The van der Waals surface area contributed by atoms with E-state index in [1.807, 2.05) is 39.9 Å². The number of carbonyl (C=O) groups excluding carboxylic acids is 2. The van der Waals surface area contributed by atoms with Crippen molar-refractivity contribution in [3.63, 3.8) is 0 Å². The van der Waals surface area contributed by atoms with Gasteiger partial charge in [0.15, 0.2) is 5.65 Å². The van der Waals surface area contributed by atoms with Gasteiger partial charge in [0.1, 0.15) is 0 Å². The molecule has 32 heavy (non-hydrogen) atoms. The van der Waals surface area contributed by atoms with Gasteiger partial charge in [-0.15, -0.1) is 0 Å². The largest absolute Gasteiger partial charge is 0.338 e. The molecule has 8 heteroatoms. The summed E-state index contributed by atoms with van der Waals surface area (Å²) in [6.45, 7) is 4.93. The number of amides is 2. The van der Waals surface area contributed by atoms with Crippen molar-refractivity contribution in [3.8, 4) is 11.3 Å². The molecular weight excluding hydrogens is 404 g/mol. The third-order valence-corrected chi connectivity index (χ3v) is 6.13. The average Bonchev–Trinajstić information content (AvgIpc) is 3.20. The number of fused-ring (bicyclic) bond motifs is 1. The summed E-state index contributed by atoms with van der Waals surface area (Å²) in [5.41, 5.74) is 4.41. The average molecular weight is 435 g/mol. The highest BCUT2D eigenvalue weighted by Crippen LogP contribution is 2.27. The van der Waals surface area contributed by atoms with Crippen molar-refractivity contribution in [2.24, 2.45) is 0 Å². The molecule has 0 radical (unpaired) electrons. The second kappa shape index (κ2) is 9.08. The maximum atomic E-state index is 13.3. The summed E-state index contributed by atoms with van der Waals surface area (Å²) in [7, 11) is 4.16. The van der Waals surface area contributed by atoms with Gasteiger partial charge in [-0.25, -0.2) is 9.50 Å². The number of rotatable bonds is 5. The van der Waals surface area contributed by atoms with Gasteiger partial charge in [0.25, 0.3) is 5.91 Å². The van der Waals surface area contributed by atoms with E-state index in [1.165, 1.54) is 6.92 Å². The molecule has 3 heterocycles. The highest BCUT2D eigenvalue weighted by molar-refractivity contribution is 6.04. The molecule has 0 bridgehead atoms. The number of imidazole rings is 1. The Hall–Kier alpha value is -3.26. The lowest BCUT2D eigenvalue weighted by Gasteiger charge is -2.35. The Bertz CT molecular complexity index is 1140. The molecule has 0 spiro atoms. The summed E-state index contributed by atoms with van der Waals surface area (Å²) in [4.78, 5) is 33.6. The van der Waals surface area contributed by atoms with E-state index in [-0.39, 0.29) is 11.8 Å². The van der Waals surface area contributed by atoms with E-state index in [4.69, 9.17) is 5.10 Å². The van der Waals surface area contributed by atoms with Crippen molar-refractivity contribution in [3.05, 3.63) is 47.8 Å². The van der Waals surface area contributed by atoms with Crippen molar-refractivity contribution in [2.75, 3.05) is 32.5 Å². The van der Waals surface area contributed by atoms with Gasteiger partial charge in [0, 0.05) is 31.6 Å². The van der Waals surface area contributed by atoms with Crippen LogP contribution < -0.4 is 5.32 Å². The Morgan fingerprint density at radius 2 is 1.91 bits per heavy atom. The van der Waals surface area contributed by atoms with Gasteiger partial charge in [-0.3, -0.25) is 9.59 Å². The van der Waals surface area contributed by atoms with Crippen molar-refractivity contribution in [2.45, 2.75) is 39.2 Å². The summed E-state index contributed by atoms with van der Waals surface area (Å²) in [6, 6.07) is 9.84. The fourth-order valence-corrected chi connectivity index (χ4v) is 4.25. The lowest BCUT2D eigenvalue weighted by atomic mass is 10.0. The first-order valence-corrected chi connectivity index (χ1v) is 11.1. The summed E-state index contributed by atoms with van der Waals surface area (Å²) in [5.74, 6) is -0.266. The van der Waals surface area contributed by atoms with Crippen LogP contribution in [0.2, 0.25) is 0 Å². The summed E-state index contributed by atoms with van der Waals surface area (Å²) in [5, 5.41) is 7.57. The lowest BCUT2D eigenvalue weighted by molar-refractivity contribution is -0.114. The molecule has 2 amide bonds. The number of anilines is 1. The van der Waals surface area contributed by atoms with Crippen LogP contribution >= 0.6 is 0 Å². The maximum absolute atomic E-state index is 13.3. The van der Waals surface area contributed by atoms with Crippen LogP contribution in [0.4, 0.5) is 5.69 Å². The number of hydrogen-bond donors (Lipinski definition) is 1. The monoisotopic (exact) mass is 434 g/mol. The third-order valence-electron chi connectivity index (χ3n) is 6.13. The number of carbonyl (C=O) groups is 2. The van der Waals surface area contributed by atoms with Crippen LogP contribution in [-0.2, 0) is 11.2 Å². The van der Waals surface area contributed by atoms with E-state index in [9.17, 15) is 9.59 Å². The third kappa shape index (κ3) is 4.36. The Kier molecular flexibility index (Phi) is 6.23. The molecule has 1 saturated heterocycles. The first kappa shape index (κ1) is 22.0. The maximum Gasteiger partial charge on any atom is 0.255 e. The van der Waals surface area contributed by atoms with Crippen LogP contribution in [0.15, 0.2) is 36.5 Å². The number of nitrogens with zero attached hydrogens (tertiary/aromatic N) is 5. The van der Waals surface area contributed by atoms with E-state index in [0.717, 1.165) is 41.9 Å². The van der Waals surface area contributed by atoms with E-state index < -0.39 is 0 Å². The fourth-order valence-electron chi connectivity index (χ4n) is 4.25. The van der Waals surface area contributed by atoms with E-state index in [1.54, 1.807) is 6.07 Å². The topological polar surface area (TPSA) is 82.8 Å². The number of aromatic nitrogens is 3. The van der Waals surface area contributed by atoms with Crippen molar-refractivity contribution in [1.82, 2.24) is 24.4 Å². The molecule has 1 aromatic carbocycles. The molecule has 4 rings (SSSR count). The van der Waals surface area contributed by atoms with E-state index in [0.29, 0.717) is 30.4 Å². The molecule has 8 nitrogen and oxygen atoms in total. The van der Waals surface area contributed by atoms with Gasteiger partial charge in [-0.2, -0.15) is 5.10 Å². The van der Waals surface area contributed by atoms with E-state index >= 15 is 0 Å². The molecule has 0 atom stereocenters. The number of hydrogen-bond acceptors (Lipinski definition) is 5. The van der Waals surface area contributed by atoms with Gasteiger partial charge in [-0.05, 0) is 57.6 Å². The minimum absolute atomic E-state index is 0.0520. The molecular formula is C24H30N6O2. The van der Waals surface area contributed by atoms with Gasteiger partial charge < -0.3 is 15.1 Å². The predicted octanol–water partition coefficient (Wildman–Crippen LogP) is 3.08. The highest BCUT2D eigenvalue weighted by Gasteiger charge is 2.26. The molecule has 1 fully saturated rings. The van der Waals surface area contributed by atoms with Crippen LogP contribution in [0, 0.1) is 0 Å². The summed E-state index contributed by atoms with van der Waals surface area (Å²) >= 11 is 0. The minimum Gasteiger partial charge on any atom is -0.338 e. The number of aryl methyl sites for hydroxylation is 1. The number of nitrogens with one attached hydrogen (secondary N) is 1. The van der Waals surface area contributed by atoms with Crippen LogP contribution in [0.25, 0.3) is 16.9 Å². The SMILES string of the molecule is CCc1cnc2ccc(-c3ccc(C(=O)N4CCC(N(C)C)CC4)c(NC(C)=O)c3)nn12. The molecule has 2 aromatic heterocycles. The van der Waals surface area contributed by atoms with Crippen LogP contribution in [0.1, 0.15) is 42.7 Å². The Morgan fingerprint density at radius 1 is 1.16 bits per heavy atom. The summed E-state index contributed by atoms with van der Waals surface area (Å²) < 4.78 is 1.83. The van der Waals surface area contributed by atoms with Crippen LogP contribution in [0.5, 0.6) is 0 Å². The smallest absolute Gasteiger partial charge is 0.255 e.